The minimum atomic E-state index is 0.325. The number of aliphatic imine (C=N–C) groups is 1. The van der Waals surface area contributed by atoms with Crippen molar-refractivity contribution in [3.8, 4) is 0 Å². The van der Waals surface area contributed by atoms with Crippen LogP contribution >= 0.6 is 0 Å². The van der Waals surface area contributed by atoms with Crippen molar-refractivity contribution in [1.82, 2.24) is 15.0 Å². The Balaban J connectivity index is 2.26. The van der Waals surface area contributed by atoms with Gasteiger partial charge < -0.3 is 0 Å². The van der Waals surface area contributed by atoms with Gasteiger partial charge in [-0.3, -0.25) is 0 Å². The molecule has 1 aromatic heterocycles. The first kappa shape index (κ1) is 10.3. The van der Waals surface area contributed by atoms with Crippen LogP contribution in [0, 0.1) is 6.92 Å². The molecule has 2 aromatic rings. The van der Waals surface area contributed by atoms with E-state index in [4.69, 9.17) is 0 Å². The molecule has 0 aliphatic carbocycles. The molecular formula is C11H10N4O. The van der Waals surface area contributed by atoms with Gasteiger partial charge >= 0.3 is 0 Å². The summed E-state index contributed by atoms with van der Waals surface area (Å²) in [5.74, 6) is 0.325. The van der Waals surface area contributed by atoms with Crippen LogP contribution in [0.3, 0.4) is 0 Å². The predicted octanol–water partition coefficient (Wildman–Crippen LogP) is 1.60. The molecule has 1 aromatic carbocycles. The summed E-state index contributed by atoms with van der Waals surface area (Å²) in [5, 5.41) is 7.71. The summed E-state index contributed by atoms with van der Waals surface area (Å²) in [7, 11) is 0. The standard InChI is InChI=1S/C11H10N4O/c1-9-11(12-8-16)13-14-15(9)7-10-5-3-2-4-6-10/h2-6H,7H2,1H3. The maximum atomic E-state index is 10.1. The van der Waals surface area contributed by atoms with E-state index < -0.39 is 0 Å². The lowest BCUT2D eigenvalue weighted by Crippen LogP contribution is -2.03. The van der Waals surface area contributed by atoms with Gasteiger partial charge in [0.25, 0.3) is 0 Å². The molecule has 0 fully saturated rings. The zero-order valence-corrected chi connectivity index (χ0v) is 8.79. The van der Waals surface area contributed by atoms with Gasteiger partial charge in [-0.1, -0.05) is 35.5 Å². The SMILES string of the molecule is Cc1c(N=C=O)nnn1Cc1ccccc1. The van der Waals surface area contributed by atoms with Crippen LogP contribution in [0.4, 0.5) is 5.82 Å². The van der Waals surface area contributed by atoms with Crippen LogP contribution in [-0.4, -0.2) is 21.1 Å². The zero-order valence-electron chi connectivity index (χ0n) is 8.79. The molecule has 0 spiro atoms. The third-order valence-corrected chi connectivity index (χ3v) is 2.28. The molecule has 0 saturated carbocycles. The van der Waals surface area contributed by atoms with Crippen molar-refractivity contribution in [2.24, 2.45) is 4.99 Å². The smallest absolute Gasteiger partial charge is 0.242 e. The molecule has 0 aliphatic rings. The van der Waals surface area contributed by atoms with E-state index in [1.54, 1.807) is 4.68 Å². The van der Waals surface area contributed by atoms with E-state index in [0.717, 1.165) is 11.3 Å². The van der Waals surface area contributed by atoms with E-state index in [9.17, 15) is 4.79 Å². The Hall–Kier alpha value is -2.26. The van der Waals surface area contributed by atoms with Gasteiger partial charge in [0.15, 0.2) is 0 Å². The molecule has 0 atom stereocenters. The molecular weight excluding hydrogens is 204 g/mol. The van der Waals surface area contributed by atoms with E-state index in [2.05, 4.69) is 15.3 Å². The van der Waals surface area contributed by atoms with Gasteiger partial charge in [0.05, 0.1) is 12.2 Å². The molecule has 0 amide bonds. The lowest BCUT2D eigenvalue weighted by atomic mass is 10.2. The van der Waals surface area contributed by atoms with Crippen molar-refractivity contribution in [3.63, 3.8) is 0 Å². The van der Waals surface area contributed by atoms with Crippen molar-refractivity contribution in [2.45, 2.75) is 13.5 Å². The first-order valence-electron chi connectivity index (χ1n) is 4.83. The molecule has 0 aliphatic heterocycles. The van der Waals surface area contributed by atoms with Crippen LogP contribution in [0.2, 0.25) is 0 Å². The summed E-state index contributed by atoms with van der Waals surface area (Å²) in [6.45, 7) is 2.44. The average Bonchev–Trinajstić information content (AvgIpc) is 2.64. The van der Waals surface area contributed by atoms with E-state index >= 15 is 0 Å². The number of isocyanates is 1. The Kier molecular flexibility index (Phi) is 2.89. The molecule has 0 N–H and O–H groups in total. The lowest BCUT2D eigenvalue weighted by Gasteiger charge is -2.02. The maximum absolute atomic E-state index is 10.1. The topological polar surface area (TPSA) is 60.1 Å². The number of nitrogens with zero attached hydrogens (tertiary/aromatic N) is 4. The molecule has 0 saturated heterocycles. The van der Waals surface area contributed by atoms with Crippen molar-refractivity contribution in [3.05, 3.63) is 41.6 Å². The van der Waals surface area contributed by atoms with Crippen molar-refractivity contribution in [1.29, 1.82) is 0 Å². The first-order valence-corrected chi connectivity index (χ1v) is 4.83. The van der Waals surface area contributed by atoms with Gasteiger partial charge in [-0.2, -0.15) is 0 Å². The first-order chi connectivity index (χ1) is 7.81. The second kappa shape index (κ2) is 4.51. The fourth-order valence-corrected chi connectivity index (χ4v) is 1.40. The van der Waals surface area contributed by atoms with Gasteiger partial charge in [-0.15, -0.1) is 10.1 Å². The van der Waals surface area contributed by atoms with Crippen LogP contribution in [0.25, 0.3) is 0 Å². The Labute approximate surface area is 92.4 Å². The van der Waals surface area contributed by atoms with E-state index in [0.29, 0.717) is 12.4 Å². The summed E-state index contributed by atoms with van der Waals surface area (Å²) >= 11 is 0. The van der Waals surface area contributed by atoms with Crippen molar-refractivity contribution < 1.29 is 4.79 Å². The highest BCUT2D eigenvalue weighted by atomic mass is 16.1. The second-order valence-corrected chi connectivity index (χ2v) is 3.34. The predicted molar refractivity (Wildman–Crippen MR) is 58.1 cm³/mol. The molecule has 16 heavy (non-hydrogen) atoms. The van der Waals surface area contributed by atoms with Crippen LogP contribution in [0.15, 0.2) is 35.3 Å². The zero-order chi connectivity index (χ0) is 11.4. The van der Waals surface area contributed by atoms with Crippen molar-refractivity contribution in [2.75, 3.05) is 0 Å². The van der Waals surface area contributed by atoms with E-state index in [-0.39, 0.29) is 0 Å². The Bertz CT molecular complexity index is 526. The minimum absolute atomic E-state index is 0.325. The number of aromatic nitrogens is 3. The largest absolute Gasteiger partial charge is 0.243 e. The summed E-state index contributed by atoms with van der Waals surface area (Å²) in [6, 6.07) is 9.89. The van der Waals surface area contributed by atoms with Gasteiger partial charge in [0.2, 0.25) is 11.9 Å². The summed E-state index contributed by atoms with van der Waals surface area (Å²) in [4.78, 5) is 13.6. The molecule has 0 radical (unpaired) electrons. The van der Waals surface area contributed by atoms with Crippen molar-refractivity contribution >= 4 is 11.9 Å². The molecule has 0 bridgehead atoms. The maximum Gasteiger partial charge on any atom is 0.242 e. The van der Waals surface area contributed by atoms with Gasteiger partial charge in [-0.25, -0.2) is 9.48 Å². The summed E-state index contributed by atoms with van der Waals surface area (Å²) in [6.07, 6.45) is 1.46. The fraction of sp³-hybridized carbons (Fsp3) is 0.182. The third kappa shape index (κ3) is 2.04. The molecule has 80 valence electrons. The monoisotopic (exact) mass is 214 g/mol. The Morgan fingerprint density at radius 2 is 2.12 bits per heavy atom. The highest BCUT2D eigenvalue weighted by molar-refractivity contribution is 5.45. The van der Waals surface area contributed by atoms with Gasteiger partial charge in [0.1, 0.15) is 0 Å². The van der Waals surface area contributed by atoms with E-state index in [1.165, 1.54) is 6.08 Å². The highest BCUT2D eigenvalue weighted by Gasteiger charge is 2.07. The fourth-order valence-electron chi connectivity index (χ4n) is 1.40. The Morgan fingerprint density at radius 1 is 1.38 bits per heavy atom. The van der Waals surface area contributed by atoms with Crippen LogP contribution in [0.5, 0.6) is 0 Å². The minimum Gasteiger partial charge on any atom is -0.243 e. The van der Waals surface area contributed by atoms with Gasteiger partial charge in [-0.05, 0) is 12.5 Å². The third-order valence-electron chi connectivity index (χ3n) is 2.28. The second-order valence-electron chi connectivity index (χ2n) is 3.34. The molecule has 5 heteroatoms. The summed E-state index contributed by atoms with van der Waals surface area (Å²) in [5.41, 5.74) is 1.88. The Morgan fingerprint density at radius 3 is 2.81 bits per heavy atom. The van der Waals surface area contributed by atoms with Crippen LogP contribution in [0.1, 0.15) is 11.3 Å². The molecule has 0 unspecified atom stereocenters. The van der Waals surface area contributed by atoms with Crippen LogP contribution < -0.4 is 0 Å². The molecule has 5 nitrogen and oxygen atoms in total. The number of hydrogen-bond donors (Lipinski definition) is 0. The molecule has 2 rings (SSSR count). The quantitative estimate of drug-likeness (QED) is 0.576. The molecule has 1 heterocycles. The average molecular weight is 214 g/mol. The van der Waals surface area contributed by atoms with Gasteiger partial charge in [0, 0.05) is 0 Å². The van der Waals surface area contributed by atoms with Crippen LogP contribution in [-0.2, 0) is 11.3 Å². The highest BCUT2D eigenvalue weighted by Crippen LogP contribution is 2.14. The summed E-state index contributed by atoms with van der Waals surface area (Å²) < 4.78 is 1.70. The van der Waals surface area contributed by atoms with E-state index in [1.807, 2.05) is 37.3 Å². The number of benzene rings is 1. The lowest BCUT2D eigenvalue weighted by molar-refractivity contribution is 0.565. The normalized spacial score (nSPS) is 9.81. The number of carbonyl (C=O) groups excluding carboxylic acids is 1. The number of rotatable bonds is 3. The number of hydrogen-bond acceptors (Lipinski definition) is 4.